The van der Waals surface area contributed by atoms with Gasteiger partial charge < -0.3 is 0 Å². The number of fused-ring (bicyclic) bond motifs is 1. The van der Waals surface area contributed by atoms with Gasteiger partial charge in [0.1, 0.15) is 0 Å². The van der Waals surface area contributed by atoms with E-state index in [0.29, 0.717) is 18.4 Å². The van der Waals surface area contributed by atoms with Gasteiger partial charge in [-0.3, -0.25) is 15.5 Å². The van der Waals surface area contributed by atoms with Gasteiger partial charge >= 0.3 is 0 Å². The van der Waals surface area contributed by atoms with Gasteiger partial charge in [0.25, 0.3) is 0 Å². The van der Waals surface area contributed by atoms with Gasteiger partial charge in [-0.25, -0.2) is 0 Å². The first-order valence-corrected chi connectivity index (χ1v) is 5.32. The molecule has 2 fully saturated rings. The Hall–Kier alpha value is -0.120. The number of nitrogens with one attached hydrogen (secondary N) is 2. The monoisotopic (exact) mass is 183 g/mol. The zero-order valence-electron chi connectivity index (χ0n) is 9.04. The molecule has 0 saturated carbocycles. The van der Waals surface area contributed by atoms with Crippen LogP contribution in [0.3, 0.4) is 0 Å². The molecule has 0 aromatic heterocycles. The van der Waals surface area contributed by atoms with Crippen molar-refractivity contribution in [3.63, 3.8) is 0 Å². The van der Waals surface area contributed by atoms with E-state index in [2.05, 4.69) is 43.4 Å². The minimum absolute atomic E-state index is 0.448. The summed E-state index contributed by atoms with van der Waals surface area (Å²) in [5, 5.41) is 7.17. The first-order chi connectivity index (χ1) is 6.09. The number of nitrogens with zero attached hydrogens (tertiary/aromatic N) is 1. The van der Waals surface area contributed by atoms with Crippen LogP contribution in [0.15, 0.2) is 0 Å². The van der Waals surface area contributed by atoms with E-state index in [0.717, 1.165) is 11.8 Å². The lowest BCUT2D eigenvalue weighted by Gasteiger charge is -2.41. The maximum atomic E-state index is 3.60. The lowest BCUT2D eigenvalue weighted by atomic mass is 9.87. The molecule has 0 aromatic rings. The van der Waals surface area contributed by atoms with Crippen LogP contribution in [0.4, 0.5) is 0 Å². The Kier molecular flexibility index (Phi) is 2.34. The third kappa shape index (κ3) is 1.49. The highest BCUT2D eigenvalue weighted by Gasteiger charge is 2.43. The topological polar surface area (TPSA) is 27.3 Å². The minimum Gasteiger partial charge on any atom is -0.299 e. The molecule has 2 saturated heterocycles. The molecule has 76 valence electrons. The molecular formula is C10H21N3. The molecule has 2 rings (SSSR count). The van der Waals surface area contributed by atoms with Crippen molar-refractivity contribution < 1.29 is 0 Å². The van der Waals surface area contributed by atoms with Crippen LogP contribution < -0.4 is 10.6 Å². The maximum absolute atomic E-state index is 3.60. The summed E-state index contributed by atoms with van der Waals surface area (Å²) < 4.78 is 0. The Morgan fingerprint density at radius 2 is 1.85 bits per heavy atom. The summed E-state index contributed by atoms with van der Waals surface area (Å²) in [6.07, 6.45) is 1.03. The summed E-state index contributed by atoms with van der Waals surface area (Å²) in [5.74, 6) is 1.57. The maximum Gasteiger partial charge on any atom is 0.0653 e. The van der Waals surface area contributed by atoms with E-state index in [-0.39, 0.29) is 0 Å². The first kappa shape index (κ1) is 9.44. The molecule has 3 nitrogen and oxygen atoms in total. The van der Waals surface area contributed by atoms with Crippen molar-refractivity contribution in [1.82, 2.24) is 15.5 Å². The zero-order chi connectivity index (χ0) is 9.59. The molecule has 0 radical (unpaired) electrons. The molecule has 0 spiro atoms. The summed E-state index contributed by atoms with van der Waals surface area (Å²) >= 11 is 0. The molecular weight excluding hydrogens is 162 g/mol. The van der Waals surface area contributed by atoms with E-state index in [9.17, 15) is 0 Å². The zero-order valence-corrected chi connectivity index (χ0v) is 9.04. The van der Waals surface area contributed by atoms with Crippen LogP contribution in [-0.2, 0) is 0 Å². The van der Waals surface area contributed by atoms with Crippen molar-refractivity contribution >= 4 is 0 Å². The van der Waals surface area contributed by atoms with Crippen molar-refractivity contribution in [3.8, 4) is 0 Å². The molecule has 5 atom stereocenters. The van der Waals surface area contributed by atoms with Crippen molar-refractivity contribution in [1.29, 1.82) is 0 Å². The Morgan fingerprint density at radius 1 is 1.15 bits per heavy atom. The van der Waals surface area contributed by atoms with E-state index in [1.165, 1.54) is 6.54 Å². The lowest BCUT2D eigenvalue weighted by Crippen LogP contribution is -2.63. The summed E-state index contributed by atoms with van der Waals surface area (Å²) in [6, 6.07) is 0.640. The molecule has 2 aliphatic heterocycles. The third-order valence-corrected chi connectivity index (χ3v) is 3.58. The largest absolute Gasteiger partial charge is 0.299 e. The normalized spacial score (nSPS) is 52.2. The van der Waals surface area contributed by atoms with Crippen LogP contribution in [0.25, 0.3) is 0 Å². The van der Waals surface area contributed by atoms with E-state index in [1.54, 1.807) is 0 Å². The minimum atomic E-state index is 0.448. The molecule has 2 aliphatic rings. The Labute approximate surface area is 80.9 Å². The smallest absolute Gasteiger partial charge is 0.0653 e. The highest BCUT2D eigenvalue weighted by Crippen LogP contribution is 2.31. The highest BCUT2D eigenvalue weighted by atomic mass is 15.4. The van der Waals surface area contributed by atoms with Crippen LogP contribution >= 0.6 is 0 Å². The molecule has 3 heteroatoms. The highest BCUT2D eigenvalue weighted by molar-refractivity contribution is 4.97. The number of hydrogen-bond acceptors (Lipinski definition) is 3. The molecule has 13 heavy (non-hydrogen) atoms. The predicted octanol–water partition coefficient (Wildman–Crippen LogP) is 0.437. The van der Waals surface area contributed by atoms with E-state index in [4.69, 9.17) is 0 Å². The summed E-state index contributed by atoms with van der Waals surface area (Å²) in [4.78, 5) is 2.45. The average molecular weight is 183 g/mol. The Morgan fingerprint density at radius 3 is 2.54 bits per heavy atom. The van der Waals surface area contributed by atoms with Crippen molar-refractivity contribution in [3.05, 3.63) is 0 Å². The average Bonchev–Trinajstić information content (AvgIpc) is 2.27. The van der Waals surface area contributed by atoms with Crippen LogP contribution in [0, 0.1) is 11.8 Å². The van der Waals surface area contributed by atoms with E-state index < -0.39 is 0 Å². The van der Waals surface area contributed by atoms with Gasteiger partial charge in [0.15, 0.2) is 0 Å². The van der Waals surface area contributed by atoms with E-state index >= 15 is 0 Å². The van der Waals surface area contributed by atoms with Crippen molar-refractivity contribution in [2.24, 2.45) is 11.8 Å². The molecule has 0 aliphatic carbocycles. The summed E-state index contributed by atoms with van der Waals surface area (Å²) in [7, 11) is 2.22. The van der Waals surface area contributed by atoms with E-state index in [1.807, 2.05) is 0 Å². The third-order valence-electron chi connectivity index (χ3n) is 3.58. The van der Waals surface area contributed by atoms with Gasteiger partial charge in [0.05, 0.1) is 12.3 Å². The molecule has 0 amide bonds. The Balaban J connectivity index is 2.14. The second-order valence-electron chi connectivity index (χ2n) is 4.78. The summed E-state index contributed by atoms with van der Waals surface area (Å²) in [6.45, 7) is 8.09. The fraction of sp³-hybridized carbons (Fsp3) is 1.00. The fourth-order valence-corrected chi connectivity index (χ4v) is 3.11. The van der Waals surface area contributed by atoms with Crippen LogP contribution in [-0.4, -0.2) is 36.9 Å². The second kappa shape index (κ2) is 3.23. The van der Waals surface area contributed by atoms with Gasteiger partial charge in [-0.15, -0.1) is 0 Å². The Bertz CT molecular complexity index is 195. The number of likely N-dealkylation sites (tertiary alicyclic amines) is 1. The molecule has 0 bridgehead atoms. The molecule has 2 heterocycles. The molecule has 2 N–H and O–H groups in total. The van der Waals surface area contributed by atoms with Crippen LogP contribution in [0.1, 0.15) is 20.8 Å². The first-order valence-electron chi connectivity index (χ1n) is 5.32. The fourth-order valence-electron chi connectivity index (χ4n) is 3.11. The van der Waals surface area contributed by atoms with Gasteiger partial charge in [-0.2, -0.15) is 0 Å². The predicted molar refractivity (Wildman–Crippen MR) is 54.3 cm³/mol. The van der Waals surface area contributed by atoms with Crippen molar-refractivity contribution in [2.45, 2.75) is 39.1 Å². The quantitative estimate of drug-likeness (QED) is 0.570. The number of rotatable bonds is 0. The standard InChI is InChI=1S/C10H21N3/c1-6-5-13(4)10-9(6)7(2)11-8(3)12-10/h6-12H,5H2,1-4H3. The summed E-state index contributed by atoms with van der Waals surface area (Å²) in [5.41, 5.74) is 0. The molecule has 0 aromatic carbocycles. The number of hydrogen-bond donors (Lipinski definition) is 2. The van der Waals surface area contributed by atoms with Gasteiger partial charge in [-0.1, -0.05) is 6.92 Å². The molecule has 5 unspecified atom stereocenters. The van der Waals surface area contributed by atoms with Gasteiger partial charge in [-0.05, 0) is 26.8 Å². The van der Waals surface area contributed by atoms with Crippen LogP contribution in [0.5, 0.6) is 0 Å². The van der Waals surface area contributed by atoms with Crippen LogP contribution in [0.2, 0.25) is 0 Å². The lowest BCUT2D eigenvalue weighted by molar-refractivity contribution is 0.117. The van der Waals surface area contributed by atoms with Gasteiger partial charge in [0, 0.05) is 18.5 Å². The second-order valence-corrected chi connectivity index (χ2v) is 4.78. The van der Waals surface area contributed by atoms with Gasteiger partial charge in [0.2, 0.25) is 0 Å². The SMILES string of the molecule is CC1NC(C)C2C(C)CN(C)C2N1. The van der Waals surface area contributed by atoms with Crippen molar-refractivity contribution in [2.75, 3.05) is 13.6 Å².